The summed E-state index contributed by atoms with van der Waals surface area (Å²) in [5.74, 6) is -1.15. The molecule has 0 saturated heterocycles. The van der Waals surface area contributed by atoms with Crippen molar-refractivity contribution in [2.75, 3.05) is 4.90 Å². The van der Waals surface area contributed by atoms with Gasteiger partial charge in [-0.1, -0.05) is 48.5 Å². The van der Waals surface area contributed by atoms with E-state index in [0.29, 0.717) is 11.5 Å². The molecule has 43 heavy (non-hydrogen) atoms. The summed E-state index contributed by atoms with van der Waals surface area (Å²) in [6, 6.07) is 19.5. The van der Waals surface area contributed by atoms with Crippen LogP contribution in [0.25, 0.3) is 11.6 Å². The zero-order valence-electron chi connectivity index (χ0n) is 22.6. The van der Waals surface area contributed by atoms with Crippen LogP contribution in [0.3, 0.4) is 0 Å². The van der Waals surface area contributed by atoms with Crippen molar-refractivity contribution in [3.05, 3.63) is 119 Å². The number of carbonyl (C=O) groups is 2. The maximum absolute atomic E-state index is 13.9. The van der Waals surface area contributed by atoms with Crippen LogP contribution in [0.5, 0.6) is 0 Å². The van der Waals surface area contributed by atoms with Crippen LogP contribution < -0.4 is 10.2 Å². The van der Waals surface area contributed by atoms with Gasteiger partial charge in [0.15, 0.2) is 5.76 Å². The molecule has 0 saturated carbocycles. The number of benzene rings is 3. The molecule has 13 heteroatoms. The first-order valence-electron chi connectivity index (χ1n) is 13.0. The minimum atomic E-state index is -4.73. The molecule has 2 heterocycles. The van der Waals surface area contributed by atoms with Gasteiger partial charge in [0.1, 0.15) is 24.2 Å². The van der Waals surface area contributed by atoms with Crippen molar-refractivity contribution in [3.63, 3.8) is 0 Å². The molecule has 0 spiro atoms. The van der Waals surface area contributed by atoms with Crippen molar-refractivity contribution in [1.82, 2.24) is 25.5 Å². The van der Waals surface area contributed by atoms with Gasteiger partial charge in [-0.05, 0) is 65.7 Å². The average Bonchev–Trinajstić information content (AvgIpc) is 3.64. The van der Waals surface area contributed by atoms with Gasteiger partial charge in [-0.2, -0.15) is 18.0 Å². The molecule has 1 N–H and O–H groups in total. The fourth-order valence-electron chi connectivity index (χ4n) is 4.37. The number of amides is 2. The van der Waals surface area contributed by atoms with E-state index in [1.54, 1.807) is 49.4 Å². The summed E-state index contributed by atoms with van der Waals surface area (Å²) < 4.78 is 60.5. The summed E-state index contributed by atoms with van der Waals surface area (Å²) in [6.45, 7) is 1.20. The standard InChI is InChI=1S/C30H24F4N6O3/c1-19-10-15-25(43-19)28-36-38-39(37-28)18-26(41)40(24-9-5-8-22(16-24)30(32,33)34)27(21-11-13-23(31)14-12-21)29(42)35-17-20-6-3-2-4-7-20/h2-16,27H,17-18H2,1H3,(H,35,42)/t27-/m1/s1. The van der Waals surface area contributed by atoms with Crippen molar-refractivity contribution in [3.8, 4) is 11.6 Å². The van der Waals surface area contributed by atoms with Crippen LogP contribution in [0.2, 0.25) is 0 Å². The molecule has 5 rings (SSSR count). The summed E-state index contributed by atoms with van der Waals surface area (Å²) in [5, 5.41) is 14.7. The maximum Gasteiger partial charge on any atom is 0.416 e. The summed E-state index contributed by atoms with van der Waals surface area (Å²) in [4.78, 5) is 29.5. The number of carbonyl (C=O) groups excluding carboxylic acids is 2. The van der Waals surface area contributed by atoms with Gasteiger partial charge in [-0.3, -0.25) is 14.5 Å². The molecular formula is C30H24F4N6O3. The zero-order chi connectivity index (χ0) is 30.6. The molecule has 0 aliphatic heterocycles. The Labute approximate surface area is 242 Å². The lowest BCUT2D eigenvalue weighted by molar-refractivity contribution is -0.137. The molecule has 0 unspecified atom stereocenters. The van der Waals surface area contributed by atoms with Crippen molar-refractivity contribution in [2.24, 2.45) is 0 Å². The highest BCUT2D eigenvalue weighted by Crippen LogP contribution is 2.35. The first-order valence-corrected chi connectivity index (χ1v) is 13.0. The Morgan fingerprint density at radius 1 is 0.977 bits per heavy atom. The van der Waals surface area contributed by atoms with E-state index in [2.05, 4.69) is 20.7 Å². The molecule has 2 aromatic heterocycles. The number of tetrazole rings is 1. The Bertz CT molecular complexity index is 1720. The molecule has 220 valence electrons. The quantitative estimate of drug-likeness (QED) is 0.227. The van der Waals surface area contributed by atoms with Crippen LogP contribution in [0.15, 0.2) is 95.4 Å². The SMILES string of the molecule is Cc1ccc(-c2nnn(CC(=O)N(c3cccc(C(F)(F)F)c3)[C@@H](C(=O)NCc3ccccc3)c3ccc(F)cc3)n2)o1. The number of halogens is 4. The van der Waals surface area contributed by atoms with E-state index in [1.165, 1.54) is 18.2 Å². The molecule has 0 fully saturated rings. The Morgan fingerprint density at radius 3 is 2.40 bits per heavy atom. The molecule has 0 bridgehead atoms. The lowest BCUT2D eigenvalue weighted by Crippen LogP contribution is -2.45. The van der Waals surface area contributed by atoms with Crippen molar-refractivity contribution in [2.45, 2.75) is 32.2 Å². The summed E-state index contributed by atoms with van der Waals surface area (Å²) in [7, 11) is 0. The second-order valence-electron chi connectivity index (χ2n) is 9.52. The van der Waals surface area contributed by atoms with Crippen LogP contribution in [-0.4, -0.2) is 32.0 Å². The Hall–Kier alpha value is -5.33. The van der Waals surface area contributed by atoms with E-state index >= 15 is 0 Å². The number of rotatable bonds is 9. The zero-order valence-corrected chi connectivity index (χ0v) is 22.6. The number of alkyl halides is 3. The van der Waals surface area contributed by atoms with Gasteiger partial charge in [0.05, 0.1) is 5.56 Å². The highest BCUT2D eigenvalue weighted by atomic mass is 19.4. The normalized spacial score (nSPS) is 12.1. The molecule has 1 atom stereocenters. The number of nitrogens with one attached hydrogen (secondary N) is 1. The first-order chi connectivity index (χ1) is 20.6. The molecule has 9 nitrogen and oxygen atoms in total. The molecule has 2 amide bonds. The van der Waals surface area contributed by atoms with Gasteiger partial charge in [-0.25, -0.2) is 4.39 Å². The third kappa shape index (κ3) is 6.94. The van der Waals surface area contributed by atoms with E-state index in [0.717, 1.165) is 45.6 Å². The van der Waals surface area contributed by atoms with E-state index in [9.17, 15) is 27.2 Å². The average molecular weight is 593 g/mol. The minimum absolute atomic E-state index is 0.0680. The van der Waals surface area contributed by atoms with Gasteiger partial charge in [0, 0.05) is 12.2 Å². The number of aryl methyl sites for hydroxylation is 1. The van der Waals surface area contributed by atoms with Crippen LogP contribution in [0.4, 0.5) is 23.2 Å². The lowest BCUT2D eigenvalue weighted by atomic mass is 10.0. The molecule has 0 aliphatic carbocycles. The van der Waals surface area contributed by atoms with Gasteiger partial charge in [0.2, 0.25) is 11.7 Å². The number of aromatic nitrogens is 4. The highest BCUT2D eigenvalue weighted by molar-refractivity contribution is 6.01. The number of anilines is 1. The van der Waals surface area contributed by atoms with Gasteiger partial charge in [-0.15, -0.1) is 10.2 Å². The monoisotopic (exact) mass is 592 g/mol. The minimum Gasteiger partial charge on any atom is -0.458 e. The topological polar surface area (TPSA) is 106 Å². The van der Waals surface area contributed by atoms with E-state index in [4.69, 9.17) is 4.42 Å². The fourth-order valence-corrected chi connectivity index (χ4v) is 4.37. The fraction of sp³-hybridized carbons (Fsp3) is 0.167. The second-order valence-corrected chi connectivity index (χ2v) is 9.52. The lowest BCUT2D eigenvalue weighted by Gasteiger charge is -2.32. The predicted molar refractivity (Wildman–Crippen MR) is 147 cm³/mol. The summed E-state index contributed by atoms with van der Waals surface area (Å²) in [6.07, 6.45) is -4.73. The van der Waals surface area contributed by atoms with E-state index in [1.807, 2.05) is 0 Å². The summed E-state index contributed by atoms with van der Waals surface area (Å²) in [5.41, 5.74) is -0.333. The van der Waals surface area contributed by atoms with Crippen molar-refractivity contribution >= 4 is 17.5 Å². The molecular weight excluding hydrogens is 568 g/mol. The number of hydrogen-bond acceptors (Lipinski definition) is 6. The second kappa shape index (κ2) is 12.3. The van der Waals surface area contributed by atoms with Gasteiger partial charge >= 0.3 is 6.18 Å². The number of furan rings is 1. The van der Waals surface area contributed by atoms with Gasteiger partial charge in [0.25, 0.3) is 5.91 Å². The molecule has 0 radical (unpaired) electrons. The molecule has 3 aromatic carbocycles. The van der Waals surface area contributed by atoms with Crippen LogP contribution >= 0.6 is 0 Å². The highest BCUT2D eigenvalue weighted by Gasteiger charge is 2.36. The maximum atomic E-state index is 13.9. The van der Waals surface area contributed by atoms with Crippen LogP contribution in [0, 0.1) is 12.7 Å². The smallest absolute Gasteiger partial charge is 0.416 e. The third-order valence-electron chi connectivity index (χ3n) is 6.41. The van der Waals surface area contributed by atoms with E-state index in [-0.39, 0.29) is 23.6 Å². The number of nitrogens with zero attached hydrogens (tertiary/aromatic N) is 5. The largest absolute Gasteiger partial charge is 0.458 e. The Morgan fingerprint density at radius 2 is 1.72 bits per heavy atom. The van der Waals surface area contributed by atoms with Gasteiger partial charge < -0.3 is 9.73 Å². The number of hydrogen-bond donors (Lipinski definition) is 1. The third-order valence-corrected chi connectivity index (χ3v) is 6.41. The van der Waals surface area contributed by atoms with E-state index < -0.39 is 42.0 Å². The molecule has 5 aromatic rings. The summed E-state index contributed by atoms with van der Waals surface area (Å²) >= 11 is 0. The predicted octanol–water partition coefficient (Wildman–Crippen LogP) is 5.49. The first kappa shape index (κ1) is 29.2. The van der Waals surface area contributed by atoms with Crippen molar-refractivity contribution < 1.29 is 31.6 Å². The Balaban J connectivity index is 1.55. The van der Waals surface area contributed by atoms with Crippen LogP contribution in [-0.2, 0) is 28.9 Å². The van der Waals surface area contributed by atoms with Crippen molar-refractivity contribution in [1.29, 1.82) is 0 Å². The Kier molecular flexibility index (Phi) is 8.32. The molecule has 0 aliphatic rings. The van der Waals surface area contributed by atoms with Crippen LogP contribution in [0.1, 0.15) is 28.5 Å².